The third-order valence-corrected chi connectivity index (χ3v) is 2.42. The van der Waals surface area contributed by atoms with E-state index < -0.39 is 11.5 Å². The number of hydrogen-bond donors (Lipinski definition) is 2. The lowest BCUT2D eigenvalue weighted by Gasteiger charge is -2.36. The molecule has 0 aromatic rings. The van der Waals surface area contributed by atoms with Crippen LogP contribution in [0.15, 0.2) is 12.7 Å². The van der Waals surface area contributed by atoms with Crippen molar-refractivity contribution in [2.75, 3.05) is 19.6 Å². The maximum absolute atomic E-state index is 10.8. The third kappa shape index (κ3) is 2.29. The van der Waals surface area contributed by atoms with Crippen LogP contribution in [0.3, 0.4) is 0 Å². The standard InChI is InChI=1S/C9H16N2O2/c1-2-5-11-6-3-4-9(10,7-11)8(12)13/h2H,1,3-7,10H2,(H,12,13). The van der Waals surface area contributed by atoms with E-state index >= 15 is 0 Å². The van der Waals surface area contributed by atoms with E-state index in [4.69, 9.17) is 10.8 Å². The summed E-state index contributed by atoms with van der Waals surface area (Å²) in [6.07, 6.45) is 3.18. The second-order valence-electron chi connectivity index (χ2n) is 3.59. The molecule has 1 fully saturated rings. The fourth-order valence-corrected chi connectivity index (χ4v) is 1.69. The van der Waals surface area contributed by atoms with Crippen molar-refractivity contribution in [1.82, 2.24) is 4.90 Å². The fraction of sp³-hybridized carbons (Fsp3) is 0.667. The molecule has 13 heavy (non-hydrogen) atoms. The Morgan fingerprint density at radius 3 is 3.00 bits per heavy atom. The van der Waals surface area contributed by atoms with Crippen LogP contribution < -0.4 is 5.73 Å². The van der Waals surface area contributed by atoms with Gasteiger partial charge in [0.25, 0.3) is 0 Å². The van der Waals surface area contributed by atoms with Gasteiger partial charge in [-0.05, 0) is 19.4 Å². The van der Waals surface area contributed by atoms with Gasteiger partial charge in [-0.2, -0.15) is 0 Å². The van der Waals surface area contributed by atoms with E-state index in [0.717, 1.165) is 13.0 Å². The van der Waals surface area contributed by atoms with Crippen molar-refractivity contribution in [3.05, 3.63) is 12.7 Å². The molecule has 4 nitrogen and oxygen atoms in total. The zero-order valence-electron chi connectivity index (χ0n) is 7.70. The first kappa shape index (κ1) is 10.2. The topological polar surface area (TPSA) is 66.6 Å². The highest BCUT2D eigenvalue weighted by atomic mass is 16.4. The molecule has 0 aromatic heterocycles. The molecule has 1 rings (SSSR count). The molecule has 74 valence electrons. The average molecular weight is 184 g/mol. The van der Waals surface area contributed by atoms with E-state index in [-0.39, 0.29) is 0 Å². The zero-order chi connectivity index (χ0) is 9.90. The highest BCUT2D eigenvalue weighted by molar-refractivity contribution is 5.78. The normalized spacial score (nSPS) is 29.9. The van der Waals surface area contributed by atoms with Crippen molar-refractivity contribution in [3.63, 3.8) is 0 Å². The summed E-state index contributed by atoms with van der Waals surface area (Å²) in [6.45, 7) is 5.67. The molecule has 1 aliphatic rings. The van der Waals surface area contributed by atoms with Crippen molar-refractivity contribution in [2.45, 2.75) is 18.4 Å². The largest absolute Gasteiger partial charge is 0.480 e. The van der Waals surface area contributed by atoms with Gasteiger partial charge >= 0.3 is 5.97 Å². The number of carboxylic acids is 1. The molecule has 1 aliphatic heterocycles. The van der Waals surface area contributed by atoms with Crippen molar-refractivity contribution in [1.29, 1.82) is 0 Å². The van der Waals surface area contributed by atoms with E-state index in [2.05, 4.69) is 6.58 Å². The molecule has 0 saturated carbocycles. The van der Waals surface area contributed by atoms with Crippen LogP contribution >= 0.6 is 0 Å². The molecular weight excluding hydrogens is 168 g/mol. The quantitative estimate of drug-likeness (QED) is 0.608. The van der Waals surface area contributed by atoms with E-state index in [1.165, 1.54) is 0 Å². The number of aliphatic carboxylic acids is 1. The number of carbonyl (C=O) groups is 1. The maximum Gasteiger partial charge on any atom is 0.325 e. The van der Waals surface area contributed by atoms with Crippen molar-refractivity contribution >= 4 is 5.97 Å². The van der Waals surface area contributed by atoms with E-state index in [9.17, 15) is 4.79 Å². The monoisotopic (exact) mass is 184 g/mol. The summed E-state index contributed by atoms with van der Waals surface area (Å²) < 4.78 is 0. The fourth-order valence-electron chi connectivity index (χ4n) is 1.69. The van der Waals surface area contributed by atoms with Gasteiger partial charge in [0.15, 0.2) is 0 Å². The third-order valence-electron chi connectivity index (χ3n) is 2.42. The summed E-state index contributed by atoms with van der Waals surface area (Å²) in [7, 11) is 0. The summed E-state index contributed by atoms with van der Waals surface area (Å²) >= 11 is 0. The predicted molar refractivity (Wildman–Crippen MR) is 50.4 cm³/mol. The number of rotatable bonds is 3. The number of hydrogen-bond acceptors (Lipinski definition) is 3. The molecular formula is C9H16N2O2. The molecule has 4 heteroatoms. The minimum atomic E-state index is -1.05. The molecule has 0 amide bonds. The summed E-state index contributed by atoms with van der Waals surface area (Å²) in [5.41, 5.74) is 4.69. The summed E-state index contributed by atoms with van der Waals surface area (Å²) in [6, 6.07) is 0. The van der Waals surface area contributed by atoms with Gasteiger partial charge in [-0.25, -0.2) is 0 Å². The van der Waals surface area contributed by atoms with Gasteiger partial charge in [0.2, 0.25) is 0 Å². The first-order valence-electron chi connectivity index (χ1n) is 4.44. The molecule has 1 saturated heterocycles. The van der Waals surface area contributed by atoms with Crippen molar-refractivity contribution in [3.8, 4) is 0 Å². The van der Waals surface area contributed by atoms with Crippen LogP contribution in [0.1, 0.15) is 12.8 Å². The van der Waals surface area contributed by atoms with Crippen LogP contribution in [0, 0.1) is 0 Å². The van der Waals surface area contributed by atoms with Gasteiger partial charge in [0.1, 0.15) is 5.54 Å². The molecule has 0 aliphatic carbocycles. The summed E-state index contributed by atoms with van der Waals surface area (Å²) in [4.78, 5) is 12.9. The number of carboxylic acid groups (broad SMARTS) is 1. The maximum atomic E-state index is 10.8. The van der Waals surface area contributed by atoms with Crippen LogP contribution in [0.25, 0.3) is 0 Å². The SMILES string of the molecule is C=CCN1CCCC(N)(C(=O)O)C1. The summed E-state index contributed by atoms with van der Waals surface area (Å²) in [5.74, 6) is -0.902. The lowest BCUT2D eigenvalue weighted by molar-refractivity contribution is -0.145. The van der Waals surface area contributed by atoms with E-state index in [1.54, 1.807) is 6.08 Å². The van der Waals surface area contributed by atoms with Gasteiger partial charge < -0.3 is 10.8 Å². The first-order chi connectivity index (χ1) is 6.08. The Labute approximate surface area is 78.0 Å². The minimum absolute atomic E-state index is 0.425. The predicted octanol–water partition coefficient (Wildman–Crippen LogP) is 0.0503. The Morgan fingerprint density at radius 1 is 1.77 bits per heavy atom. The zero-order valence-corrected chi connectivity index (χ0v) is 7.70. The Bertz CT molecular complexity index is 218. The van der Waals surface area contributed by atoms with Gasteiger partial charge in [-0.15, -0.1) is 6.58 Å². The molecule has 0 aromatic carbocycles. The number of nitrogens with two attached hydrogens (primary N) is 1. The van der Waals surface area contributed by atoms with Gasteiger partial charge in [0.05, 0.1) is 0 Å². The summed E-state index contributed by atoms with van der Waals surface area (Å²) in [5, 5.41) is 8.91. The Morgan fingerprint density at radius 2 is 2.46 bits per heavy atom. The number of piperidine rings is 1. The molecule has 0 spiro atoms. The van der Waals surface area contributed by atoms with Crippen LogP contribution in [-0.4, -0.2) is 41.1 Å². The average Bonchev–Trinajstić information content (AvgIpc) is 2.04. The Kier molecular flexibility index (Phi) is 3.06. The molecule has 0 radical (unpaired) electrons. The Hall–Kier alpha value is -0.870. The molecule has 1 unspecified atom stereocenters. The Balaban J connectivity index is 2.59. The second kappa shape index (κ2) is 3.89. The smallest absolute Gasteiger partial charge is 0.325 e. The van der Waals surface area contributed by atoms with E-state index in [1.807, 2.05) is 4.90 Å². The van der Waals surface area contributed by atoms with Gasteiger partial charge in [-0.1, -0.05) is 6.08 Å². The van der Waals surface area contributed by atoms with Crippen LogP contribution in [-0.2, 0) is 4.79 Å². The molecule has 1 atom stereocenters. The second-order valence-corrected chi connectivity index (χ2v) is 3.59. The lowest BCUT2D eigenvalue weighted by atomic mass is 9.90. The van der Waals surface area contributed by atoms with Crippen LogP contribution in [0.5, 0.6) is 0 Å². The molecule has 1 heterocycles. The number of likely N-dealkylation sites (tertiary alicyclic amines) is 1. The van der Waals surface area contributed by atoms with E-state index in [0.29, 0.717) is 19.5 Å². The minimum Gasteiger partial charge on any atom is -0.480 e. The number of nitrogens with zero attached hydrogens (tertiary/aromatic N) is 1. The van der Waals surface area contributed by atoms with Crippen molar-refractivity contribution in [2.24, 2.45) is 5.73 Å². The van der Waals surface area contributed by atoms with Crippen LogP contribution in [0.4, 0.5) is 0 Å². The highest BCUT2D eigenvalue weighted by Gasteiger charge is 2.38. The lowest BCUT2D eigenvalue weighted by Crippen LogP contribution is -2.59. The molecule has 0 bridgehead atoms. The van der Waals surface area contributed by atoms with Gasteiger partial charge in [-0.3, -0.25) is 9.69 Å². The first-order valence-corrected chi connectivity index (χ1v) is 4.44. The highest BCUT2D eigenvalue weighted by Crippen LogP contribution is 2.18. The van der Waals surface area contributed by atoms with Crippen LogP contribution in [0.2, 0.25) is 0 Å². The van der Waals surface area contributed by atoms with Crippen molar-refractivity contribution < 1.29 is 9.90 Å². The van der Waals surface area contributed by atoms with Gasteiger partial charge in [0, 0.05) is 13.1 Å². The molecule has 3 N–H and O–H groups in total.